The van der Waals surface area contributed by atoms with Crippen LogP contribution >= 0.6 is 0 Å². The highest BCUT2D eigenvalue weighted by Crippen LogP contribution is 2.21. The molecule has 2 rings (SSSR count). The van der Waals surface area contributed by atoms with Gasteiger partial charge in [-0.1, -0.05) is 13.8 Å². The molecule has 0 amide bonds. The molecule has 0 atom stereocenters. The van der Waals surface area contributed by atoms with Gasteiger partial charge in [0.1, 0.15) is 5.52 Å². The van der Waals surface area contributed by atoms with Crippen molar-refractivity contribution in [3.63, 3.8) is 0 Å². The van der Waals surface area contributed by atoms with Crippen LogP contribution in [0.15, 0.2) is 18.6 Å². The van der Waals surface area contributed by atoms with Crippen molar-refractivity contribution in [1.29, 1.82) is 0 Å². The molecule has 3 heteroatoms. The second-order valence-corrected chi connectivity index (χ2v) is 4.60. The summed E-state index contributed by atoms with van der Waals surface area (Å²) in [6.45, 7) is 12.5. The zero-order chi connectivity index (χ0) is 12.3. The molecule has 0 fully saturated rings. The molecule has 0 aliphatic rings. The van der Waals surface area contributed by atoms with Gasteiger partial charge in [-0.05, 0) is 33.8 Å². The van der Waals surface area contributed by atoms with Gasteiger partial charge in [0, 0.05) is 11.2 Å². The number of hydrogen-bond donors (Lipinski definition) is 0. The Bertz CT molecular complexity index is 463. The first kappa shape index (κ1) is 12.7. The number of nitrogens with zero attached hydrogens (tertiary/aromatic N) is 3. The summed E-state index contributed by atoms with van der Waals surface area (Å²) in [7, 11) is 0. The van der Waals surface area contributed by atoms with Crippen molar-refractivity contribution in [2.45, 2.75) is 47.1 Å². The molecule has 0 saturated heterocycles. The number of imidazole rings is 1. The summed E-state index contributed by atoms with van der Waals surface area (Å²) in [5, 5.41) is 0. The highest BCUT2D eigenvalue weighted by atomic mass is 15.1. The predicted octanol–water partition coefficient (Wildman–Crippen LogP) is 3.52. The van der Waals surface area contributed by atoms with E-state index in [0.717, 1.165) is 16.7 Å². The highest BCUT2D eigenvalue weighted by molar-refractivity contribution is 5.74. The number of pyridine rings is 1. The molecule has 16 heavy (non-hydrogen) atoms. The molecule has 2 aromatic heterocycles. The average molecular weight is 219 g/mol. The maximum atomic E-state index is 4.33. The van der Waals surface area contributed by atoms with Crippen molar-refractivity contribution in [2.24, 2.45) is 0 Å². The number of hydrogen-bond acceptors (Lipinski definition) is 2. The fourth-order valence-electron chi connectivity index (χ4n) is 1.55. The van der Waals surface area contributed by atoms with E-state index < -0.39 is 0 Å². The molecule has 0 spiro atoms. The van der Waals surface area contributed by atoms with Gasteiger partial charge in [-0.3, -0.25) is 4.98 Å². The van der Waals surface area contributed by atoms with Crippen LogP contribution < -0.4 is 0 Å². The van der Waals surface area contributed by atoms with Gasteiger partial charge in [0.15, 0.2) is 0 Å². The SMILES string of the molecule is CC.Cc1cc2c(cn1)ncn2C(C)(C)C. The Labute approximate surface area is 97.5 Å². The van der Waals surface area contributed by atoms with Gasteiger partial charge in [0.05, 0.1) is 18.0 Å². The Morgan fingerprint density at radius 3 is 2.31 bits per heavy atom. The summed E-state index contributed by atoms with van der Waals surface area (Å²) in [4.78, 5) is 8.55. The van der Waals surface area contributed by atoms with E-state index in [1.807, 2.05) is 33.3 Å². The lowest BCUT2D eigenvalue weighted by Gasteiger charge is -2.21. The van der Waals surface area contributed by atoms with Crippen molar-refractivity contribution in [1.82, 2.24) is 14.5 Å². The molecular formula is C13H21N3. The Morgan fingerprint density at radius 1 is 1.12 bits per heavy atom. The second-order valence-electron chi connectivity index (χ2n) is 4.60. The highest BCUT2D eigenvalue weighted by Gasteiger charge is 2.15. The number of fused-ring (bicyclic) bond motifs is 1. The third kappa shape index (κ3) is 2.40. The van der Waals surface area contributed by atoms with Crippen LogP contribution in [0.25, 0.3) is 11.0 Å². The Morgan fingerprint density at radius 2 is 1.75 bits per heavy atom. The van der Waals surface area contributed by atoms with Crippen LogP contribution in [0.3, 0.4) is 0 Å². The second kappa shape index (κ2) is 4.64. The van der Waals surface area contributed by atoms with Crippen molar-refractivity contribution in [3.8, 4) is 0 Å². The molecule has 88 valence electrons. The molecule has 0 aromatic carbocycles. The maximum Gasteiger partial charge on any atom is 0.107 e. The predicted molar refractivity (Wildman–Crippen MR) is 68.6 cm³/mol. The van der Waals surface area contributed by atoms with Crippen molar-refractivity contribution in [3.05, 3.63) is 24.3 Å². The van der Waals surface area contributed by atoms with Gasteiger partial charge in [0.2, 0.25) is 0 Å². The smallest absolute Gasteiger partial charge is 0.107 e. The third-order valence-corrected chi connectivity index (χ3v) is 2.29. The molecule has 2 heterocycles. The van der Waals surface area contributed by atoms with Crippen molar-refractivity contribution in [2.75, 3.05) is 0 Å². The van der Waals surface area contributed by atoms with Gasteiger partial charge in [-0.2, -0.15) is 0 Å². The van der Waals surface area contributed by atoms with Gasteiger partial charge in [-0.15, -0.1) is 0 Å². The van der Waals surface area contributed by atoms with E-state index in [0.29, 0.717) is 0 Å². The van der Waals surface area contributed by atoms with Crippen LogP contribution in [0.4, 0.5) is 0 Å². The zero-order valence-electron chi connectivity index (χ0n) is 11.1. The van der Waals surface area contributed by atoms with E-state index >= 15 is 0 Å². The van der Waals surface area contributed by atoms with E-state index in [1.54, 1.807) is 0 Å². The number of rotatable bonds is 0. The molecule has 0 aliphatic carbocycles. The lowest BCUT2D eigenvalue weighted by molar-refractivity contribution is 0.408. The number of aryl methyl sites for hydroxylation is 1. The zero-order valence-corrected chi connectivity index (χ0v) is 11.1. The van der Waals surface area contributed by atoms with Crippen LogP contribution in [0, 0.1) is 6.92 Å². The maximum absolute atomic E-state index is 4.33. The minimum atomic E-state index is 0.0720. The normalized spacial score (nSPS) is 11.1. The first-order valence-corrected chi connectivity index (χ1v) is 5.79. The summed E-state index contributed by atoms with van der Waals surface area (Å²) in [6.07, 6.45) is 3.71. The van der Waals surface area contributed by atoms with E-state index in [9.17, 15) is 0 Å². The van der Waals surface area contributed by atoms with Crippen LogP contribution in [-0.2, 0) is 5.54 Å². The quantitative estimate of drug-likeness (QED) is 0.678. The molecule has 2 aromatic rings. The number of aromatic nitrogens is 3. The Balaban J connectivity index is 0.000000606. The molecule has 0 saturated carbocycles. The summed E-state index contributed by atoms with van der Waals surface area (Å²) in [5.74, 6) is 0. The van der Waals surface area contributed by atoms with Gasteiger partial charge >= 0.3 is 0 Å². The first-order chi connectivity index (χ1) is 7.48. The van der Waals surface area contributed by atoms with Crippen LogP contribution in [0.1, 0.15) is 40.3 Å². The van der Waals surface area contributed by atoms with Crippen LogP contribution in [0.2, 0.25) is 0 Å². The third-order valence-electron chi connectivity index (χ3n) is 2.29. The monoisotopic (exact) mass is 219 g/mol. The Kier molecular flexibility index (Phi) is 3.68. The van der Waals surface area contributed by atoms with E-state index in [4.69, 9.17) is 0 Å². The minimum absolute atomic E-state index is 0.0720. The Hall–Kier alpha value is -1.38. The van der Waals surface area contributed by atoms with Gasteiger partial charge in [0.25, 0.3) is 0 Å². The van der Waals surface area contributed by atoms with E-state index in [-0.39, 0.29) is 5.54 Å². The topological polar surface area (TPSA) is 30.7 Å². The largest absolute Gasteiger partial charge is 0.325 e. The summed E-state index contributed by atoms with van der Waals surface area (Å²) < 4.78 is 2.18. The van der Waals surface area contributed by atoms with Crippen molar-refractivity contribution >= 4 is 11.0 Å². The summed E-state index contributed by atoms with van der Waals surface area (Å²) in [6, 6.07) is 2.08. The molecule has 3 nitrogen and oxygen atoms in total. The lowest BCUT2D eigenvalue weighted by Crippen LogP contribution is -2.20. The molecule has 0 N–H and O–H groups in total. The van der Waals surface area contributed by atoms with Gasteiger partial charge < -0.3 is 4.57 Å². The molecule has 0 bridgehead atoms. The molecular weight excluding hydrogens is 198 g/mol. The lowest BCUT2D eigenvalue weighted by atomic mass is 10.1. The van der Waals surface area contributed by atoms with Crippen LogP contribution in [0.5, 0.6) is 0 Å². The van der Waals surface area contributed by atoms with Gasteiger partial charge in [-0.25, -0.2) is 4.98 Å². The standard InChI is InChI=1S/C11H15N3.C2H6/c1-8-5-10-9(6-12-8)13-7-14(10)11(2,3)4;1-2/h5-7H,1-4H3;1-2H3. The average Bonchev–Trinajstić information content (AvgIpc) is 2.63. The van der Waals surface area contributed by atoms with Crippen molar-refractivity contribution < 1.29 is 0 Å². The van der Waals surface area contributed by atoms with Crippen LogP contribution in [-0.4, -0.2) is 14.5 Å². The van der Waals surface area contributed by atoms with E-state index in [1.165, 1.54) is 0 Å². The first-order valence-electron chi connectivity index (χ1n) is 5.79. The minimum Gasteiger partial charge on any atom is -0.325 e. The molecule has 0 aliphatic heterocycles. The fourth-order valence-corrected chi connectivity index (χ4v) is 1.55. The summed E-state index contributed by atoms with van der Waals surface area (Å²) >= 11 is 0. The fraction of sp³-hybridized carbons (Fsp3) is 0.538. The van der Waals surface area contributed by atoms with E-state index in [2.05, 4.69) is 41.4 Å². The summed E-state index contributed by atoms with van der Waals surface area (Å²) in [5.41, 5.74) is 3.22. The molecule has 0 unspecified atom stereocenters. The molecule has 0 radical (unpaired) electrons.